The van der Waals surface area contributed by atoms with Crippen molar-refractivity contribution in [2.24, 2.45) is 4.99 Å². The molecule has 0 amide bonds. The van der Waals surface area contributed by atoms with Gasteiger partial charge in [-0.1, -0.05) is 0 Å². The van der Waals surface area contributed by atoms with E-state index < -0.39 is 6.61 Å². The molecule has 0 aliphatic carbocycles. The van der Waals surface area contributed by atoms with Gasteiger partial charge >= 0.3 is 6.61 Å². The van der Waals surface area contributed by atoms with Gasteiger partial charge in [0.05, 0.1) is 13.7 Å². The quantitative estimate of drug-likeness (QED) is 0.199. The maximum atomic E-state index is 12.6. The standard InChI is InChI=1S/C20H32F2N4O2.HI/c1-3-23-20(24-10-4-5-11-26-12-6-7-13-26)25-15-16-14-17(27-2)8-9-18(16)28-19(21)22;/h8-9,14,19H,3-7,10-13,15H2,1-2H3,(H2,23,24,25);1H. The number of halogens is 3. The first-order valence-corrected chi connectivity index (χ1v) is 9.98. The number of methoxy groups -OCH3 is 1. The molecule has 1 aliphatic heterocycles. The van der Waals surface area contributed by atoms with Crippen LogP contribution in [0.1, 0.15) is 38.2 Å². The number of hydrogen-bond acceptors (Lipinski definition) is 4. The zero-order valence-corrected chi connectivity index (χ0v) is 19.6. The molecule has 29 heavy (non-hydrogen) atoms. The second-order valence-corrected chi connectivity index (χ2v) is 6.73. The lowest BCUT2D eigenvalue weighted by Crippen LogP contribution is -2.38. The van der Waals surface area contributed by atoms with Crippen molar-refractivity contribution in [3.63, 3.8) is 0 Å². The minimum Gasteiger partial charge on any atom is -0.497 e. The summed E-state index contributed by atoms with van der Waals surface area (Å²) in [5.41, 5.74) is 0.547. The van der Waals surface area contributed by atoms with E-state index in [1.807, 2.05) is 6.92 Å². The largest absolute Gasteiger partial charge is 0.497 e. The van der Waals surface area contributed by atoms with Crippen LogP contribution in [0.15, 0.2) is 23.2 Å². The van der Waals surface area contributed by atoms with Crippen LogP contribution in [0, 0.1) is 0 Å². The molecule has 0 unspecified atom stereocenters. The molecule has 1 aromatic carbocycles. The van der Waals surface area contributed by atoms with Crippen LogP contribution < -0.4 is 20.1 Å². The average molecular weight is 526 g/mol. The maximum Gasteiger partial charge on any atom is 0.387 e. The van der Waals surface area contributed by atoms with Gasteiger partial charge in [0.15, 0.2) is 5.96 Å². The van der Waals surface area contributed by atoms with Crippen LogP contribution in [-0.4, -0.2) is 57.3 Å². The number of unbranched alkanes of at least 4 members (excludes halogenated alkanes) is 1. The third-order valence-corrected chi connectivity index (χ3v) is 4.63. The summed E-state index contributed by atoms with van der Waals surface area (Å²) in [6.45, 7) is 4.45. The van der Waals surface area contributed by atoms with E-state index in [1.165, 1.54) is 39.1 Å². The minimum absolute atomic E-state index is 0. The highest BCUT2D eigenvalue weighted by atomic mass is 127. The smallest absolute Gasteiger partial charge is 0.387 e. The Bertz CT molecular complexity index is 614. The van der Waals surface area contributed by atoms with Crippen molar-refractivity contribution in [1.29, 1.82) is 0 Å². The Hall–Kier alpha value is -1.36. The first-order valence-electron chi connectivity index (χ1n) is 9.98. The van der Waals surface area contributed by atoms with Crippen molar-refractivity contribution in [1.82, 2.24) is 15.5 Å². The number of ether oxygens (including phenoxy) is 2. The van der Waals surface area contributed by atoms with Crippen LogP contribution in [0.25, 0.3) is 0 Å². The molecule has 1 fully saturated rings. The van der Waals surface area contributed by atoms with Crippen LogP contribution >= 0.6 is 24.0 Å². The molecule has 1 saturated heterocycles. The first kappa shape index (κ1) is 25.7. The summed E-state index contributed by atoms with van der Waals surface area (Å²) in [5, 5.41) is 6.49. The molecule has 166 valence electrons. The number of benzene rings is 1. The fourth-order valence-corrected chi connectivity index (χ4v) is 3.20. The van der Waals surface area contributed by atoms with Gasteiger partial charge in [-0.15, -0.1) is 24.0 Å². The zero-order chi connectivity index (χ0) is 20.2. The third-order valence-electron chi connectivity index (χ3n) is 4.63. The van der Waals surface area contributed by atoms with Gasteiger partial charge in [-0.25, -0.2) is 4.99 Å². The number of likely N-dealkylation sites (tertiary alicyclic amines) is 1. The van der Waals surface area contributed by atoms with Gasteiger partial charge in [-0.2, -0.15) is 8.78 Å². The number of nitrogens with zero attached hydrogens (tertiary/aromatic N) is 2. The van der Waals surface area contributed by atoms with Crippen LogP contribution in [0.2, 0.25) is 0 Å². The van der Waals surface area contributed by atoms with E-state index in [4.69, 9.17) is 4.74 Å². The molecular formula is C20H33F2IN4O2. The van der Waals surface area contributed by atoms with Gasteiger partial charge in [0.2, 0.25) is 0 Å². The lowest BCUT2D eigenvalue weighted by atomic mass is 10.2. The number of guanidine groups is 1. The van der Waals surface area contributed by atoms with Gasteiger partial charge in [0, 0.05) is 18.7 Å². The zero-order valence-electron chi connectivity index (χ0n) is 17.3. The van der Waals surface area contributed by atoms with Crippen molar-refractivity contribution in [3.8, 4) is 11.5 Å². The van der Waals surface area contributed by atoms with E-state index in [2.05, 4.69) is 25.3 Å². The highest BCUT2D eigenvalue weighted by molar-refractivity contribution is 14.0. The molecule has 0 bridgehead atoms. The number of aliphatic imine (C=N–C) groups is 1. The van der Waals surface area contributed by atoms with E-state index in [9.17, 15) is 8.78 Å². The summed E-state index contributed by atoms with van der Waals surface area (Å²) in [4.78, 5) is 7.01. The van der Waals surface area contributed by atoms with Crippen molar-refractivity contribution in [2.75, 3.05) is 39.8 Å². The molecule has 0 aromatic heterocycles. The molecule has 0 saturated carbocycles. The topological polar surface area (TPSA) is 58.1 Å². The Kier molecular flexibility index (Phi) is 12.9. The van der Waals surface area contributed by atoms with E-state index >= 15 is 0 Å². The Balaban J connectivity index is 0.00000420. The van der Waals surface area contributed by atoms with Gasteiger partial charge in [-0.05, 0) is 70.4 Å². The van der Waals surface area contributed by atoms with Crippen LogP contribution in [-0.2, 0) is 6.54 Å². The second-order valence-electron chi connectivity index (χ2n) is 6.73. The molecule has 6 nitrogen and oxygen atoms in total. The SMILES string of the molecule is CCNC(=NCc1cc(OC)ccc1OC(F)F)NCCCCN1CCCC1.I. The maximum absolute atomic E-state index is 12.6. The number of alkyl halides is 2. The van der Waals surface area contributed by atoms with Gasteiger partial charge in [0.1, 0.15) is 11.5 Å². The van der Waals surface area contributed by atoms with Crippen LogP contribution in [0.3, 0.4) is 0 Å². The summed E-state index contributed by atoms with van der Waals surface area (Å²) in [7, 11) is 1.53. The number of hydrogen-bond donors (Lipinski definition) is 2. The Morgan fingerprint density at radius 2 is 1.97 bits per heavy atom. The summed E-state index contributed by atoms with van der Waals surface area (Å²) in [5.74, 6) is 1.35. The summed E-state index contributed by atoms with van der Waals surface area (Å²) in [6, 6.07) is 4.74. The predicted octanol–water partition coefficient (Wildman–Crippen LogP) is 3.85. The summed E-state index contributed by atoms with van der Waals surface area (Å²) >= 11 is 0. The highest BCUT2D eigenvalue weighted by Crippen LogP contribution is 2.26. The molecule has 2 rings (SSSR count). The molecule has 1 aliphatic rings. The molecule has 0 atom stereocenters. The highest BCUT2D eigenvalue weighted by Gasteiger charge is 2.12. The van der Waals surface area contributed by atoms with Gasteiger partial charge < -0.3 is 25.0 Å². The second kappa shape index (κ2) is 14.6. The van der Waals surface area contributed by atoms with Gasteiger partial charge in [-0.3, -0.25) is 0 Å². The molecule has 1 aromatic rings. The molecule has 0 spiro atoms. The lowest BCUT2D eigenvalue weighted by Gasteiger charge is -2.15. The average Bonchev–Trinajstić information content (AvgIpc) is 3.19. The van der Waals surface area contributed by atoms with Crippen LogP contribution in [0.4, 0.5) is 8.78 Å². The molecule has 2 N–H and O–H groups in total. The normalized spacial score (nSPS) is 14.6. The van der Waals surface area contributed by atoms with E-state index in [0.29, 0.717) is 17.3 Å². The minimum atomic E-state index is -2.88. The fourth-order valence-electron chi connectivity index (χ4n) is 3.20. The third kappa shape index (κ3) is 9.79. The number of nitrogens with one attached hydrogen (secondary N) is 2. The predicted molar refractivity (Wildman–Crippen MR) is 123 cm³/mol. The Labute approximate surface area is 189 Å². The van der Waals surface area contributed by atoms with E-state index in [1.54, 1.807) is 12.1 Å². The van der Waals surface area contributed by atoms with Gasteiger partial charge in [0.25, 0.3) is 0 Å². The molecule has 0 radical (unpaired) electrons. The number of rotatable bonds is 11. The summed E-state index contributed by atoms with van der Waals surface area (Å²) < 4.78 is 35.0. The fraction of sp³-hybridized carbons (Fsp3) is 0.650. The van der Waals surface area contributed by atoms with Crippen molar-refractivity contribution in [3.05, 3.63) is 23.8 Å². The van der Waals surface area contributed by atoms with E-state index in [-0.39, 0.29) is 36.3 Å². The Morgan fingerprint density at radius 1 is 1.21 bits per heavy atom. The van der Waals surface area contributed by atoms with Crippen LogP contribution in [0.5, 0.6) is 11.5 Å². The first-order chi connectivity index (χ1) is 13.6. The van der Waals surface area contributed by atoms with E-state index in [0.717, 1.165) is 32.5 Å². The monoisotopic (exact) mass is 526 g/mol. The van der Waals surface area contributed by atoms with Crippen molar-refractivity contribution in [2.45, 2.75) is 45.8 Å². The summed E-state index contributed by atoms with van der Waals surface area (Å²) in [6.07, 6.45) is 4.84. The lowest BCUT2D eigenvalue weighted by molar-refractivity contribution is -0.0504. The van der Waals surface area contributed by atoms with Crippen molar-refractivity contribution < 1.29 is 18.3 Å². The molecular weight excluding hydrogens is 493 g/mol. The molecule has 1 heterocycles. The van der Waals surface area contributed by atoms with Crippen molar-refractivity contribution >= 4 is 29.9 Å². The Morgan fingerprint density at radius 3 is 2.62 bits per heavy atom. The molecule has 9 heteroatoms.